The van der Waals surface area contributed by atoms with Crippen molar-refractivity contribution in [2.45, 2.75) is 109 Å². The normalized spacial score (nSPS) is 26.8. The van der Waals surface area contributed by atoms with Gasteiger partial charge in [0, 0.05) is 48.1 Å². The summed E-state index contributed by atoms with van der Waals surface area (Å²) in [6.45, 7) is 7.54. The summed E-state index contributed by atoms with van der Waals surface area (Å²) in [4.78, 5) is 20.2. The quantitative estimate of drug-likeness (QED) is 0.601. The highest BCUT2D eigenvalue weighted by atomic mass is 32.1. The summed E-state index contributed by atoms with van der Waals surface area (Å²) in [5.74, 6) is 3.00. The first-order valence-electron chi connectivity index (χ1n) is 12.9. The molecule has 0 aromatic carbocycles. The lowest BCUT2D eigenvalue weighted by Gasteiger charge is -2.40. The van der Waals surface area contributed by atoms with Gasteiger partial charge in [0.15, 0.2) is 0 Å². The minimum atomic E-state index is 0.0304. The van der Waals surface area contributed by atoms with Gasteiger partial charge in [0.05, 0.1) is 6.04 Å². The smallest absolute Gasteiger partial charge is 0.223 e. The number of thiazole rings is 1. The van der Waals surface area contributed by atoms with Gasteiger partial charge in [0.2, 0.25) is 5.91 Å². The molecule has 2 aliphatic heterocycles. The average Bonchev–Trinajstić information content (AvgIpc) is 3.59. The summed E-state index contributed by atoms with van der Waals surface area (Å²) in [6.07, 6.45) is 12.1. The summed E-state index contributed by atoms with van der Waals surface area (Å²) >= 11 is 1.66. The van der Waals surface area contributed by atoms with E-state index in [-0.39, 0.29) is 17.9 Å². The number of aromatic nitrogens is 4. The van der Waals surface area contributed by atoms with Crippen molar-refractivity contribution in [2.24, 2.45) is 5.92 Å². The lowest BCUT2D eigenvalue weighted by Crippen LogP contribution is -2.45. The molecule has 2 aromatic heterocycles. The zero-order valence-electron chi connectivity index (χ0n) is 20.2. The van der Waals surface area contributed by atoms with Crippen LogP contribution in [0.1, 0.15) is 106 Å². The summed E-state index contributed by atoms with van der Waals surface area (Å²) < 4.78 is 2.42. The fourth-order valence-corrected chi connectivity index (χ4v) is 7.20. The highest BCUT2D eigenvalue weighted by Crippen LogP contribution is 2.42. The van der Waals surface area contributed by atoms with Crippen molar-refractivity contribution in [1.82, 2.24) is 30.0 Å². The standard InChI is InChI=1S/C25H38N6OS/c1-16(2)23-29-28-17(3)31(23)21-14-19-8-9-20(15-21)30(19)12-10-22(25-26-11-13-33-25)27-24(32)18-6-4-5-7-18/h11,13,16,18-22H,4-10,12,14-15H2,1-3H3,(H,27,32)/t19?,20?,21?,22-/m0/s1. The molecule has 1 saturated carbocycles. The summed E-state index contributed by atoms with van der Waals surface area (Å²) in [7, 11) is 0. The van der Waals surface area contributed by atoms with Gasteiger partial charge in [-0.2, -0.15) is 0 Å². The van der Waals surface area contributed by atoms with Crippen LogP contribution in [0.3, 0.4) is 0 Å². The predicted molar refractivity (Wildman–Crippen MR) is 130 cm³/mol. The fraction of sp³-hybridized carbons (Fsp3) is 0.760. The number of nitrogens with zero attached hydrogens (tertiary/aromatic N) is 5. The Kier molecular flexibility index (Phi) is 6.84. The summed E-state index contributed by atoms with van der Waals surface area (Å²) in [5.41, 5.74) is 0. The highest BCUT2D eigenvalue weighted by molar-refractivity contribution is 7.09. The fourth-order valence-electron chi connectivity index (χ4n) is 6.47. The number of rotatable bonds is 8. The number of hydrogen-bond acceptors (Lipinski definition) is 6. The molecule has 2 saturated heterocycles. The van der Waals surface area contributed by atoms with E-state index in [0.717, 1.165) is 42.5 Å². The van der Waals surface area contributed by atoms with E-state index in [2.05, 4.69) is 50.7 Å². The van der Waals surface area contributed by atoms with Crippen LogP contribution in [0.15, 0.2) is 11.6 Å². The van der Waals surface area contributed by atoms with Gasteiger partial charge in [-0.25, -0.2) is 4.98 Å². The number of aryl methyl sites for hydroxylation is 1. The molecule has 2 aromatic rings. The van der Waals surface area contributed by atoms with E-state index in [0.29, 0.717) is 24.0 Å². The Morgan fingerprint density at radius 3 is 2.48 bits per heavy atom. The summed E-state index contributed by atoms with van der Waals surface area (Å²) in [6, 6.07) is 1.75. The first kappa shape index (κ1) is 23.0. The molecule has 1 amide bonds. The van der Waals surface area contributed by atoms with Crippen molar-refractivity contribution >= 4 is 17.2 Å². The lowest BCUT2D eigenvalue weighted by atomic mass is 9.95. The van der Waals surface area contributed by atoms with E-state index >= 15 is 0 Å². The molecule has 3 aliphatic rings. The molecule has 5 rings (SSSR count). The van der Waals surface area contributed by atoms with Gasteiger partial charge < -0.3 is 9.88 Å². The van der Waals surface area contributed by atoms with Crippen molar-refractivity contribution in [2.75, 3.05) is 6.54 Å². The Morgan fingerprint density at radius 1 is 1.12 bits per heavy atom. The van der Waals surface area contributed by atoms with Gasteiger partial charge >= 0.3 is 0 Å². The molecular formula is C25H38N6OS. The van der Waals surface area contributed by atoms with Crippen LogP contribution in [0.5, 0.6) is 0 Å². The number of nitrogens with one attached hydrogen (secondary N) is 1. The zero-order chi connectivity index (χ0) is 22.9. The van der Waals surface area contributed by atoms with Gasteiger partial charge in [-0.3, -0.25) is 9.69 Å². The molecule has 0 radical (unpaired) electrons. The van der Waals surface area contributed by atoms with Gasteiger partial charge in [-0.05, 0) is 51.9 Å². The minimum Gasteiger partial charge on any atom is -0.347 e. The first-order chi connectivity index (χ1) is 16.0. The molecule has 8 heteroatoms. The van der Waals surface area contributed by atoms with E-state index in [4.69, 9.17) is 0 Å². The van der Waals surface area contributed by atoms with Gasteiger partial charge in [0.1, 0.15) is 16.7 Å². The maximum absolute atomic E-state index is 12.9. The van der Waals surface area contributed by atoms with Crippen LogP contribution < -0.4 is 5.32 Å². The molecule has 0 spiro atoms. The van der Waals surface area contributed by atoms with Gasteiger partial charge in [-0.1, -0.05) is 26.7 Å². The lowest BCUT2D eigenvalue weighted by molar-refractivity contribution is -0.125. The third kappa shape index (κ3) is 4.74. The van der Waals surface area contributed by atoms with E-state index in [1.807, 2.05) is 11.6 Å². The maximum Gasteiger partial charge on any atom is 0.223 e. The number of amides is 1. The number of hydrogen-bond donors (Lipinski definition) is 1. The number of carbonyl (C=O) groups is 1. The summed E-state index contributed by atoms with van der Waals surface area (Å²) in [5, 5.41) is 15.3. The topological polar surface area (TPSA) is 75.9 Å². The third-order valence-corrected chi connectivity index (χ3v) is 8.99. The van der Waals surface area contributed by atoms with Crippen molar-refractivity contribution in [3.63, 3.8) is 0 Å². The molecule has 2 unspecified atom stereocenters. The Labute approximate surface area is 201 Å². The molecule has 1 aliphatic carbocycles. The third-order valence-electron chi connectivity index (χ3n) is 8.10. The predicted octanol–water partition coefficient (Wildman–Crippen LogP) is 4.77. The Hall–Kier alpha value is -1.80. The maximum atomic E-state index is 12.9. The molecule has 4 heterocycles. The second-order valence-electron chi connectivity index (χ2n) is 10.6. The first-order valence-corrected chi connectivity index (χ1v) is 13.8. The number of carbonyl (C=O) groups excluding carboxylic acids is 1. The van der Waals surface area contributed by atoms with Crippen molar-refractivity contribution in [3.05, 3.63) is 28.2 Å². The van der Waals surface area contributed by atoms with E-state index in [9.17, 15) is 4.79 Å². The van der Waals surface area contributed by atoms with E-state index in [1.54, 1.807) is 11.3 Å². The monoisotopic (exact) mass is 470 g/mol. The molecule has 180 valence electrons. The van der Waals surface area contributed by atoms with Crippen LogP contribution in [-0.2, 0) is 4.79 Å². The van der Waals surface area contributed by atoms with Crippen LogP contribution in [0, 0.1) is 12.8 Å². The Balaban J connectivity index is 1.24. The van der Waals surface area contributed by atoms with E-state index < -0.39 is 0 Å². The number of piperidine rings is 1. The molecule has 33 heavy (non-hydrogen) atoms. The molecule has 1 N–H and O–H groups in total. The van der Waals surface area contributed by atoms with Gasteiger partial charge in [0.25, 0.3) is 0 Å². The molecule has 3 fully saturated rings. The molecule has 3 atom stereocenters. The van der Waals surface area contributed by atoms with Crippen molar-refractivity contribution in [1.29, 1.82) is 0 Å². The van der Waals surface area contributed by atoms with Crippen molar-refractivity contribution in [3.8, 4) is 0 Å². The Morgan fingerprint density at radius 2 is 1.85 bits per heavy atom. The van der Waals surface area contributed by atoms with Gasteiger partial charge in [-0.15, -0.1) is 21.5 Å². The second-order valence-corrected chi connectivity index (χ2v) is 11.5. The Bertz CT molecular complexity index is 921. The SMILES string of the molecule is Cc1nnc(C(C)C)n1C1CC2CCC(C1)N2CC[C@H](NC(=O)C1CCCC1)c1nccs1. The van der Waals surface area contributed by atoms with Crippen LogP contribution in [0.25, 0.3) is 0 Å². The average molecular weight is 471 g/mol. The largest absolute Gasteiger partial charge is 0.347 e. The molecule has 2 bridgehead atoms. The van der Waals surface area contributed by atoms with Crippen molar-refractivity contribution < 1.29 is 4.79 Å². The zero-order valence-corrected chi connectivity index (χ0v) is 21.1. The van der Waals surface area contributed by atoms with E-state index in [1.165, 1.54) is 38.5 Å². The molecule has 7 nitrogen and oxygen atoms in total. The second kappa shape index (κ2) is 9.82. The van der Waals surface area contributed by atoms with Crippen LogP contribution in [0.2, 0.25) is 0 Å². The molecular weight excluding hydrogens is 432 g/mol. The minimum absolute atomic E-state index is 0.0304. The van der Waals surface area contributed by atoms with Crippen LogP contribution in [-0.4, -0.2) is 49.2 Å². The van der Waals surface area contributed by atoms with Crippen LogP contribution in [0.4, 0.5) is 0 Å². The number of fused-ring (bicyclic) bond motifs is 2. The highest BCUT2D eigenvalue weighted by Gasteiger charge is 2.42. The van der Waals surface area contributed by atoms with Crippen LogP contribution >= 0.6 is 11.3 Å².